The first-order valence-corrected chi connectivity index (χ1v) is 6.91. The number of nitrogens with one attached hydrogen (secondary N) is 1. The van der Waals surface area contributed by atoms with Crippen molar-refractivity contribution in [2.24, 2.45) is 11.8 Å². The fraction of sp³-hybridized carbons (Fsp3) is 0.533. The standard InChI is InChI=1S/C15H20N2O3/c1-9(2)13(18)11-8-16-6-4-12(11)17-15(19)14-10(3)5-7-20-14/h4,6,8-10,14H,5,7H2,1-3H3,(H,16,17,19)/t10-,14+/m0/s1. The number of ketones is 1. The maximum Gasteiger partial charge on any atom is 0.253 e. The topological polar surface area (TPSA) is 68.3 Å². The highest BCUT2D eigenvalue weighted by atomic mass is 16.5. The molecule has 5 nitrogen and oxygen atoms in total. The van der Waals surface area contributed by atoms with E-state index in [0.717, 1.165) is 6.42 Å². The maximum absolute atomic E-state index is 12.2. The molecular formula is C15H20N2O3. The van der Waals surface area contributed by atoms with Crippen molar-refractivity contribution in [2.45, 2.75) is 33.3 Å². The largest absolute Gasteiger partial charge is 0.368 e. The van der Waals surface area contributed by atoms with Crippen LogP contribution in [0.5, 0.6) is 0 Å². The summed E-state index contributed by atoms with van der Waals surface area (Å²) in [5.74, 6) is -0.176. The van der Waals surface area contributed by atoms with Crippen molar-refractivity contribution >= 4 is 17.4 Å². The lowest BCUT2D eigenvalue weighted by molar-refractivity contribution is -0.126. The Hall–Kier alpha value is -1.75. The van der Waals surface area contributed by atoms with Gasteiger partial charge in [-0.2, -0.15) is 0 Å². The van der Waals surface area contributed by atoms with E-state index in [2.05, 4.69) is 10.3 Å². The molecule has 0 aliphatic carbocycles. The fourth-order valence-electron chi connectivity index (χ4n) is 2.25. The molecule has 1 aliphatic heterocycles. The van der Waals surface area contributed by atoms with Crippen LogP contribution in [0.4, 0.5) is 5.69 Å². The summed E-state index contributed by atoms with van der Waals surface area (Å²) in [5.41, 5.74) is 0.952. The van der Waals surface area contributed by atoms with Crippen LogP contribution in [0.2, 0.25) is 0 Å². The van der Waals surface area contributed by atoms with E-state index in [-0.39, 0.29) is 23.5 Å². The molecule has 5 heteroatoms. The molecule has 2 atom stereocenters. The van der Waals surface area contributed by atoms with Crippen molar-refractivity contribution in [3.05, 3.63) is 24.0 Å². The second-order valence-electron chi connectivity index (χ2n) is 5.49. The minimum Gasteiger partial charge on any atom is -0.368 e. The first kappa shape index (κ1) is 14.7. The number of rotatable bonds is 4. The summed E-state index contributed by atoms with van der Waals surface area (Å²) in [6.45, 7) is 6.24. The summed E-state index contributed by atoms with van der Waals surface area (Å²) in [6.07, 6.45) is 3.50. The molecule has 1 N–H and O–H groups in total. The van der Waals surface area contributed by atoms with Gasteiger partial charge >= 0.3 is 0 Å². The zero-order valence-corrected chi connectivity index (χ0v) is 12.1. The molecule has 0 aromatic carbocycles. The highest BCUT2D eigenvalue weighted by Gasteiger charge is 2.31. The van der Waals surface area contributed by atoms with E-state index in [1.54, 1.807) is 12.3 Å². The number of nitrogens with zero attached hydrogens (tertiary/aromatic N) is 1. The van der Waals surface area contributed by atoms with Crippen LogP contribution in [0.15, 0.2) is 18.5 Å². The third-order valence-electron chi connectivity index (χ3n) is 3.51. The predicted molar refractivity (Wildman–Crippen MR) is 75.6 cm³/mol. The average Bonchev–Trinajstić information content (AvgIpc) is 2.84. The zero-order chi connectivity index (χ0) is 14.7. The average molecular weight is 276 g/mol. The number of anilines is 1. The number of pyridine rings is 1. The summed E-state index contributed by atoms with van der Waals surface area (Å²) < 4.78 is 5.43. The molecule has 2 heterocycles. The van der Waals surface area contributed by atoms with Crippen LogP contribution in [0.1, 0.15) is 37.6 Å². The monoisotopic (exact) mass is 276 g/mol. The van der Waals surface area contributed by atoms with E-state index in [0.29, 0.717) is 17.9 Å². The van der Waals surface area contributed by atoms with Gasteiger partial charge in [-0.15, -0.1) is 0 Å². The van der Waals surface area contributed by atoms with Crippen molar-refractivity contribution in [1.29, 1.82) is 0 Å². The molecule has 1 aromatic rings. The van der Waals surface area contributed by atoms with E-state index in [9.17, 15) is 9.59 Å². The van der Waals surface area contributed by atoms with Crippen LogP contribution in [0, 0.1) is 11.8 Å². The Balaban J connectivity index is 2.17. The Morgan fingerprint density at radius 1 is 1.45 bits per heavy atom. The van der Waals surface area contributed by atoms with Gasteiger partial charge in [-0.25, -0.2) is 0 Å². The molecule has 0 bridgehead atoms. The minimum absolute atomic E-state index is 0.0335. The minimum atomic E-state index is -0.440. The Morgan fingerprint density at radius 3 is 2.80 bits per heavy atom. The third-order valence-corrected chi connectivity index (χ3v) is 3.51. The summed E-state index contributed by atoms with van der Waals surface area (Å²) in [5, 5.41) is 2.79. The van der Waals surface area contributed by atoms with Gasteiger partial charge in [0, 0.05) is 24.9 Å². The van der Waals surface area contributed by atoms with Crippen molar-refractivity contribution in [3.8, 4) is 0 Å². The molecule has 108 valence electrons. The second kappa shape index (κ2) is 6.13. The lowest BCUT2D eigenvalue weighted by Gasteiger charge is -2.16. The highest BCUT2D eigenvalue weighted by molar-refractivity contribution is 6.06. The highest BCUT2D eigenvalue weighted by Crippen LogP contribution is 2.23. The van der Waals surface area contributed by atoms with Crippen LogP contribution in [0.25, 0.3) is 0 Å². The van der Waals surface area contributed by atoms with E-state index in [1.807, 2.05) is 20.8 Å². The molecule has 0 saturated carbocycles. The molecule has 0 spiro atoms. The molecule has 0 radical (unpaired) electrons. The Bertz CT molecular complexity index is 514. The van der Waals surface area contributed by atoms with E-state index < -0.39 is 6.10 Å². The normalized spacial score (nSPS) is 22.0. The lowest BCUT2D eigenvalue weighted by Crippen LogP contribution is -2.32. The van der Waals surface area contributed by atoms with E-state index >= 15 is 0 Å². The summed E-state index contributed by atoms with van der Waals surface area (Å²) in [7, 11) is 0. The molecular weight excluding hydrogens is 256 g/mol. The van der Waals surface area contributed by atoms with Crippen molar-refractivity contribution in [2.75, 3.05) is 11.9 Å². The third kappa shape index (κ3) is 3.04. The summed E-state index contributed by atoms with van der Waals surface area (Å²) >= 11 is 0. The van der Waals surface area contributed by atoms with Crippen molar-refractivity contribution in [3.63, 3.8) is 0 Å². The Kier molecular flexibility index (Phi) is 4.49. The SMILES string of the molecule is CC(C)C(=O)c1cnccc1NC(=O)[C@@H]1OCC[C@@H]1C. The van der Waals surface area contributed by atoms with Gasteiger partial charge in [0.2, 0.25) is 0 Å². The van der Waals surface area contributed by atoms with Gasteiger partial charge in [0.25, 0.3) is 5.91 Å². The first-order valence-electron chi connectivity index (χ1n) is 6.91. The summed E-state index contributed by atoms with van der Waals surface area (Å²) in [4.78, 5) is 28.3. The lowest BCUT2D eigenvalue weighted by atomic mass is 10.0. The van der Waals surface area contributed by atoms with Crippen LogP contribution < -0.4 is 5.32 Å². The van der Waals surface area contributed by atoms with Crippen molar-refractivity contribution < 1.29 is 14.3 Å². The first-order chi connectivity index (χ1) is 9.50. The number of hydrogen-bond donors (Lipinski definition) is 1. The van der Waals surface area contributed by atoms with Gasteiger partial charge < -0.3 is 10.1 Å². The smallest absolute Gasteiger partial charge is 0.253 e. The summed E-state index contributed by atoms with van der Waals surface area (Å²) in [6, 6.07) is 1.65. The van der Waals surface area contributed by atoms with Gasteiger partial charge in [0.1, 0.15) is 6.10 Å². The number of aromatic nitrogens is 1. The van der Waals surface area contributed by atoms with Crippen LogP contribution in [-0.2, 0) is 9.53 Å². The molecule has 2 rings (SSSR count). The molecule has 1 amide bonds. The predicted octanol–water partition coefficient (Wildman–Crippen LogP) is 2.28. The number of carbonyl (C=O) groups is 2. The molecule has 1 aliphatic rings. The van der Waals surface area contributed by atoms with Crippen LogP contribution in [-0.4, -0.2) is 29.4 Å². The maximum atomic E-state index is 12.2. The van der Waals surface area contributed by atoms with Crippen LogP contribution >= 0.6 is 0 Å². The Morgan fingerprint density at radius 2 is 2.20 bits per heavy atom. The molecule has 0 unspecified atom stereocenters. The van der Waals surface area contributed by atoms with E-state index in [1.165, 1.54) is 6.20 Å². The molecule has 1 fully saturated rings. The Labute approximate surface area is 118 Å². The van der Waals surface area contributed by atoms with E-state index in [4.69, 9.17) is 4.74 Å². The molecule has 1 saturated heterocycles. The zero-order valence-electron chi connectivity index (χ0n) is 12.1. The van der Waals surface area contributed by atoms with Crippen molar-refractivity contribution in [1.82, 2.24) is 4.98 Å². The second-order valence-corrected chi connectivity index (χ2v) is 5.49. The van der Waals surface area contributed by atoms with Gasteiger partial charge in [-0.05, 0) is 18.4 Å². The number of amides is 1. The van der Waals surface area contributed by atoms with Crippen LogP contribution in [0.3, 0.4) is 0 Å². The number of ether oxygens (including phenoxy) is 1. The number of hydrogen-bond acceptors (Lipinski definition) is 4. The quantitative estimate of drug-likeness (QED) is 0.857. The van der Waals surface area contributed by atoms with Gasteiger partial charge in [0.15, 0.2) is 5.78 Å². The molecule has 1 aromatic heterocycles. The number of Topliss-reactive ketones (excluding diaryl/α,β-unsaturated/α-hetero) is 1. The number of carbonyl (C=O) groups excluding carboxylic acids is 2. The molecule has 20 heavy (non-hydrogen) atoms. The van der Waals surface area contributed by atoms with Gasteiger partial charge in [-0.1, -0.05) is 20.8 Å². The fourth-order valence-corrected chi connectivity index (χ4v) is 2.25. The van der Waals surface area contributed by atoms with Gasteiger partial charge in [0.05, 0.1) is 11.3 Å². The van der Waals surface area contributed by atoms with Gasteiger partial charge in [-0.3, -0.25) is 14.6 Å².